The first-order valence-corrected chi connectivity index (χ1v) is 8.81. The molecule has 0 aromatic carbocycles. The Balaban J connectivity index is 1.66. The van der Waals surface area contributed by atoms with Gasteiger partial charge in [0.15, 0.2) is 23.3 Å². The Hall–Kier alpha value is -2.57. The third-order valence-electron chi connectivity index (χ3n) is 3.88. The number of anilines is 1. The predicted molar refractivity (Wildman–Crippen MR) is 93.1 cm³/mol. The van der Waals surface area contributed by atoms with Crippen molar-refractivity contribution in [3.63, 3.8) is 0 Å². The van der Waals surface area contributed by atoms with E-state index in [1.165, 1.54) is 29.0 Å². The molecule has 0 amide bonds. The molecule has 2 aromatic rings. The lowest BCUT2D eigenvalue weighted by atomic mass is 10.2. The number of hydrogen-bond acceptors (Lipinski definition) is 10. The van der Waals surface area contributed by atoms with Crippen LogP contribution in [0.1, 0.15) is 12.6 Å². The maximum Gasteiger partial charge on any atom is 0.320 e. The van der Waals surface area contributed by atoms with E-state index in [1.807, 2.05) is 0 Å². The molecule has 1 aliphatic heterocycles. The number of thioether (sulfide) groups is 1. The van der Waals surface area contributed by atoms with Crippen molar-refractivity contribution < 1.29 is 24.9 Å². The Kier molecular flexibility index (Phi) is 5.15. The van der Waals surface area contributed by atoms with Crippen LogP contribution in [0.5, 0.6) is 0 Å². The number of nitrogens with zero attached hydrogens (tertiary/aromatic N) is 4. The van der Waals surface area contributed by atoms with Crippen molar-refractivity contribution in [2.45, 2.75) is 24.8 Å². The van der Waals surface area contributed by atoms with Gasteiger partial charge in [-0.3, -0.25) is 9.36 Å². The molecule has 11 nitrogen and oxygen atoms in total. The number of carbonyl (C=O) groups is 1. The van der Waals surface area contributed by atoms with Crippen LogP contribution in [0.15, 0.2) is 24.2 Å². The van der Waals surface area contributed by atoms with Gasteiger partial charge in [0.25, 0.3) is 0 Å². The summed E-state index contributed by atoms with van der Waals surface area (Å²) in [6.45, 7) is 0. The second-order valence-electron chi connectivity index (χ2n) is 5.63. The van der Waals surface area contributed by atoms with Crippen LogP contribution in [0.3, 0.4) is 0 Å². The van der Waals surface area contributed by atoms with Crippen LogP contribution in [-0.4, -0.2) is 64.5 Å². The summed E-state index contributed by atoms with van der Waals surface area (Å²) in [6.07, 6.45) is 0.723. The van der Waals surface area contributed by atoms with E-state index >= 15 is 0 Å². The average molecular weight is 382 g/mol. The van der Waals surface area contributed by atoms with Gasteiger partial charge >= 0.3 is 5.97 Å². The molecule has 12 heteroatoms. The standard InChI is InChI=1S/C14H18N6O5S/c15-6(14(23)24)1-2-26-3-7-9(21)10(22)13(25-7)20-5-19-8-11(16)17-4-18-12(8)20/h4-6,10,13,21-22H,1-3,15H2,(H,23,24)(H2,16,17,18)/t6-,10?,13+/m0/s1. The number of fused-ring (bicyclic) bond motifs is 1. The Morgan fingerprint density at radius 3 is 2.92 bits per heavy atom. The summed E-state index contributed by atoms with van der Waals surface area (Å²) in [7, 11) is 0. The Morgan fingerprint density at radius 1 is 1.42 bits per heavy atom. The van der Waals surface area contributed by atoms with E-state index in [2.05, 4.69) is 15.0 Å². The maximum absolute atomic E-state index is 10.7. The minimum atomic E-state index is -1.29. The summed E-state index contributed by atoms with van der Waals surface area (Å²) in [5.41, 5.74) is 11.9. The molecule has 0 saturated carbocycles. The number of aliphatic hydroxyl groups excluding tert-OH is 2. The number of ether oxygens (including phenoxy) is 1. The van der Waals surface area contributed by atoms with Crippen LogP contribution in [0.25, 0.3) is 11.2 Å². The zero-order valence-electron chi connectivity index (χ0n) is 13.5. The van der Waals surface area contributed by atoms with Crippen molar-refractivity contribution in [1.29, 1.82) is 0 Å². The normalized spacial score (nSPS) is 21.2. The average Bonchev–Trinajstić information content (AvgIpc) is 3.15. The van der Waals surface area contributed by atoms with Crippen molar-refractivity contribution >= 4 is 34.7 Å². The molecule has 0 aliphatic carbocycles. The first kappa shape index (κ1) is 18.2. The van der Waals surface area contributed by atoms with Crippen LogP contribution in [0.4, 0.5) is 5.82 Å². The summed E-state index contributed by atoms with van der Waals surface area (Å²) >= 11 is 1.34. The lowest BCUT2D eigenvalue weighted by molar-refractivity contribution is -0.138. The van der Waals surface area contributed by atoms with Gasteiger partial charge < -0.3 is 31.5 Å². The molecule has 140 valence electrons. The first-order valence-electron chi connectivity index (χ1n) is 7.66. The van der Waals surface area contributed by atoms with E-state index in [4.69, 9.17) is 21.3 Å². The van der Waals surface area contributed by atoms with E-state index in [9.17, 15) is 15.0 Å². The third-order valence-corrected chi connectivity index (χ3v) is 4.87. The molecule has 0 bridgehead atoms. The zero-order valence-corrected chi connectivity index (χ0v) is 14.3. The number of imidazole rings is 1. The number of carboxylic acid groups (broad SMARTS) is 1. The summed E-state index contributed by atoms with van der Waals surface area (Å²) in [5.74, 6) is -0.214. The van der Waals surface area contributed by atoms with E-state index in [0.29, 0.717) is 16.9 Å². The van der Waals surface area contributed by atoms with Crippen LogP contribution < -0.4 is 11.5 Å². The van der Waals surface area contributed by atoms with Crippen LogP contribution in [0, 0.1) is 0 Å². The van der Waals surface area contributed by atoms with Crippen LogP contribution >= 0.6 is 11.8 Å². The minimum absolute atomic E-state index is 0.198. The molecule has 0 radical (unpaired) electrons. The topological polar surface area (TPSA) is 183 Å². The highest BCUT2D eigenvalue weighted by atomic mass is 32.2. The fourth-order valence-corrected chi connectivity index (χ4v) is 3.41. The lowest BCUT2D eigenvalue weighted by Crippen LogP contribution is -2.30. The van der Waals surface area contributed by atoms with Crippen molar-refractivity contribution in [3.05, 3.63) is 24.2 Å². The Morgan fingerprint density at radius 2 is 2.19 bits per heavy atom. The van der Waals surface area contributed by atoms with Gasteiger partial charge in [-0.2, -0.15) is 11.8 Å². The third kappa shape index (κ3) is 3.38. The van der Waals surface area contributed by atoms with Crippen molar-refractivity contribution in [2.24, 2.45) is 5.73 Å². The molecule has 0 spiro atoms. The van der Waals surface area contributed by atoms with E-state index in [1.54, 1.807) is 0 Å². The second kappa shape index (κ2) is 7.35. The molecule has 26 heavy (non-hydrogen) atoms. The first-order chi connectivity index (χ1) is 12.4. The van der Waals surface area contributed by atoms with Crippen molar-refractivity contribution in [1.82, 2.24) is 19.5 Å². The number of aliphatic hydroxyl groups is 2. The summed E-state index contributed by atoms with van der Waals surface area (Å²) in [5, 5.41) is 29.2. The maximum atomic E-state index is 10.7. The van der Waals surface area contributed by atoms with Gasteiger partial charge in [0.1, 0.15) is 30.0 Å². The van der Waals surface area contributed by atoms with Gasteiger partial charge in [0.05, 0.1) is 5.75 Å². The largest absolute Gasteiger partial charge is 0.506 e. The van der Waals surface area contributed by atoms with E-state index < -0.39 is 24.3 Å². The fraction of sp³-hybridized carbons (Fsp3) is 0.429. The van der Waals surface area contributed by atoms with Gasteiger partial charge in [-0.1, -0.05) is 0 Å². The minimum Gasteiger partial charge on any atom is -0.506 e. The van der Waals surface area contributed by atoms with Crippen LogP contribution in [0.2, 0.25) is 0 Å². The number of hydrogen-bond donors (Lipinski definition) is 5. The number of aromatic nitrogens is 4. The van der Waals surface area contributed by atoms with Gasteiger partial charge in [-0.25, -0.2) is 15.0 Å². The smallest absolute Gasteiger partial charge is 0.320 e. The lowest BCUT2D eigenvalue weighted by Gasteiger charge is -2.17. The highest BCUT2D eigenvalue weighted by molar-refractivity contribution is 7.99. The number of aliphatic carboxylic acids is 1. The Bertz CT molecular complexity index is 855. The van der Waals surface area contributed by atoms with E-state index in [-0.39, 0.29) is 29.5 Å². The molecule has 3 atom stereocenters. The predicted octanol–water partition coefficient (Wildman–Crippen LogP) is -0.397. The fourth-order valence-electron chi connectivity index (χ4n) is 2.44. The number of nitrogens with two attached hydrogens (primary N) is 2. The van der Waals surface area contributed by atoms with Gasteiger partial charge in [-0.15, -0.1) is 0 Å². The highest BCUT2D eigenvalue weighted by Crippen LogP contribution is 2.34. The monoisotopic (exact) mass is 382 g/mol. The summed E-state index contributed by atoms with van der Waals surface area (Å²) in [6, 6.07) is -0.935. The molecule has 0 saturated heterocycles. The SMILES string of the molecule is Nc1ncnc2c1ncn2[C@@H]1OC(CSCC[C@H](N)C(=O)O)=C(O)C1O. The van der Waals surface area contributed by atoms with Crippen LogP contribution in [-0.2, 0) is 9.53 Å². The number of rotatable bonds is 7. The summed E-state index contributed by atoms with van der Waals surface area (Å²) in [4.78, 5) is 22.7. The Labute approximate surface area is 151 Å². The number of carboxylic acids is 1. The zero-order chi connectivity index (χ0) is 18.8. The molecule has 7 N–H and O–H groups in total. The molecule has 2 aromatic heterocycles. The molecule has 3 heterocycles. The van der Waals surface area contributed by atoms with Crippen molar-refractivity contribution in [2.75, 3.05) is 17.2 Å². The van der Waals surface area contributed by atoms with Gasteiger partial charge in [0.2, 0.25) is 6.23 Å². The molecular formula is C14H18N6O5S. The quantitative estimate of drug-likeness (QED) is 0.393. The van der Waals surface area contributed by atoms with E-state index in [0.717, 1.165) is 0 Å². The van der Waals surface area contributed by atoms with Crippen molar-refractivity contribution in [3.8, 4) is 0 Å². The molecular weight excluding hydrogens is 364 g/mol. The molecule has 1 unspecified atom stereocenters. The van der Waals surface area contributed by atoms with Gasteiger partial charge in [-0.05, 0) is 12.2 Å². The highest BCUT2D eigenvalue weighted by Gasteiger charge is 2.37. The number of nitrogen functional groups attached to an aromatic ring is 1. The summed E-state index contributed by atoms with van der Waals surface area (Å²) < 4.78 is 7.13. The molecule has 0 fully saturated rings. The molecule has 3 rings (SSSR count). The second-order valence-corrected chi connectivity index (χ2v) is 6.74. The molecule has 1 aliphatic rings. The van der Waals surface area contributed by atoms with Gasteiger partial charge in [0, 0.05) is 0 Å².